The molecule has 1 atom stereocenters. The van der Waals surface area contributed by atoms with Gasteiger partial charge in [-0.05, 0) is 79.8 Å². The number of carbonyl (C=O) groups is 2. The summed E-state index contributed by atoms with van der Waals surface area (Å²) < 4.78 is 35.3. The van der Waals surface area contributed by atoms with Gasteiger partial charge < -0.3 is 15.0 Å². The Kier molecular flexibility index (Phi) is 12.4. The van der Waals surface area contributed by atoms with Crippen LogP contribution in [0.1, 0.15) is 39.7 Å². The molecule has 42 heavy (non-hydrogen) atoms. The standard InChI is InChI=1S/C32H40BrN3O5S/c1-5-30(32(38)34-22-24(3)4)35(21-20-25-10-8-7-9-11-25)31(37)23-36(27-14-16-28(17-15-27)41-6-2)42(39,40)29-18-12-26(33)13-19-29/h7-19,24,30H,5-6,20-23H2,1-4H3,(H,34,38). The topological polar surface area (TPSA) is 96.0 Å². The Hall–Kier alpha value is -3.37. The lowest BCUT2D eigenvalue weighted by molar-refractivity contribution is -0.139. The van der Waals surface area contributed by atoms with Crippen LogP contribution in [0, 0.1) is 5.92 Å². The maximum absolute atomic E-state index is 14.1. The van der Waals surface area contributed by atoms with Gasteiger partial charge in [-0.2, -0.15) is 0 Å². The van der Waals surface area contributed by atoms with E-state index in [0.717, 1.165) is 14.3 Å². The van der Waals surface area contributed by atoms with Gasteiger partial charge in [-0.1, -0.05) is 67.0 Å². The van der Waals surface area contributed by atoms with Gasteiger partial charge in [0.15, 0.2) is 0 Å². The zero-order chi connectivity index (χ0) is 30.7. The summed E-state index contributed by atoms with van der Waals surface area (Å²) in [5, 5.41) is 2.95. The maximum atomic E-state index is 14.1. The number of carbonyl (C=O) groups excluding carboxylic acids is 2. The van der Waals surface area contributed by atoms with Gasteiger partial charge in [0, 0.05) is 17.6 Å². The molecule has 0 aliphatic carbocycles. The molecule has 0 aromatic heterocycles. The number of anilines is 1. The van der Waals surface area contributed by atoms with Crippen LogP contribution in [0.5, 0.6) is 5.75 Å². The Morgan fingerprint density at radius 2 is 1.57 bits per heavy atom. The molecule has 0 aliphatic rings. The molecule has 0 heterocycles. The monoisotopic (exact) mass is 657 g/mol. The van der Waals surface area contributed by atoms with Crippen molar-refractivity contribution in [1.82, 2.24) is 10.2 Å². The molecule has 0 radical (unpaired) electrons. The van der Waals surface area contributed by atoms with E-state index in [0.29, 0.717) is 37.4 Å². The second-order valence-corrected chi connectivity index (χ2v) is 13.1. The van der Waals surface area contributed by atoms with Crippen LogP contribution in [0.4, 0.5) is 5.69 Å². The van der Waals surface area contributed by atoms with Crippen molar-refractivity contribution in [2.75, 3.05) is 30.5 Å². The molecule has 226 valence electrons. The molecule has 1 unspecified atom stereocenters. The van der Waals surface area contributed by atoms with Crippen molar-refractivity contribution in [1.29, 1.82) is 0 Å². The minimum absolute atomic E-state index is 0.0462. The number of hydrogen-bond donors (Lipinski definition) is 1. The van der Waals surface area contributed by atoms with Crippen molar-refractivity contribution in [3.63, 3.8) is 0 Å². The molecule has 3 rings (SSSR count). The summed E-state index contributed by atoms with van der Waals surface area (Å²) in [5.41, 5.74) is 1.33. The summed E-state index contributed by atoms with van der Waals surface area (Å²) in [5.74, 6) is 0.111. The van der Waals surface area contributed by atoms with Crippen molar-refractivity contribution in [2.45, 2.75) is 51.5 Å². The zero-order valence-electron chi connectivity index (χ0n) is 24.6. The Morgan fingerprint density at radius 1 is 0.929 bits per heavy atom. The van der Waals surface area contributed by atoms with Gasteiger partial charge in [-0.15, -0.1) is 0 Å². The Labute approximate surface area is 258 Å². The lowest BCUT2D eigenvalue weighted by Crippen LogP contribution is -2.53. The lowest BCUT2D eigenvalue weighted by Gasteiger charge is -2.33. The van der Waals surface area contributed by atoms with Gasteiger partial charge in [0.25, 0.3) is 10.0 Å². The average molecular weight is 659 g/mol. The van der Waals surface area contributed by atoms with E-state index in [-0.39, 0.29) is 23.3 Å². The van der Waals surface area contributed by atoms with Gasteiger partial charge in [0.1, 0.15) is 18.3 Å². The van der Waals surface area contributed by atoms with E-state index < -0.39 is 28.5 Å². The third-order valence-corrected chi connectivity index (χ3v) is 8.99. The first-order chi connectivity index (χ1) is 20.1. The number of sulfonamides is 1. The van der Waals surface area contributed by atoms with E-state index in [4.69, 9.17) is 4.74 Å². The third kappa shape index (κ3) is 9.06. The van der Waals surface area contributed by atoms with Crippen molar-refractivity contribution >= 4 is 43.5 Å². The summed E-state index contributed by atoms with van der Waals surface area (Å²) >= 11 is 3.35. The number of halogens is 1. The van der Waals surface area contributed by atoms with E-state index in [9.17, 15) is 18.0 Å². The summed E-state index contributed by atoms with van der Waals surface area (Å²) in [6.07, 6.45) is 0.899. The molecule has 2 amide bonds. The molecule has 0 saturated carbocycles. The number of nitrogens with zero attached hydrogens (tertiary/aromatic N) is 2. The average Bonchev–Trinajstić information content (AvgIpc) is 2.98. The molecule has 0 saturated heterocycles. The van der Waals surface area contributed by atoms with Crippen LogP contribution in [-0.4, -0.2) is 57.4 Å². The summed E-state index contributed by atoms with van der Waals surface area (Å²) in [6.45, 7) is 8.44. The maximum Gasteiger partial charge on any atom is 0.264 e. The van der Waals surface area contributed by atoms with Gasteiger partial charge in [-0.25, -0.2) is 8.42 Å². The second kappa shape index (κ2) is 15.7. The second-order valence-electron chi connectivity index (χ2n) is 10.3. The van der Waals surface area contributed by atoms with Crippen LogP contribution in [0.2, 0.25) is 0 Å². The highest BCUT2D eigenvalue weighted by Gasteiger charge is 2.33. The molecular formula is C32H40BrN3O5S. The minimum Gasteiger partial charge on any atom is -0.494 e. The number of rotatable bonds is 15. The van der Waals surface area contributed by atoms with Gasteiger partial charge in [0.05, 0.1) is 17.2 Å². The quantitative estimate of drug-likeness (QED) is 0.227. The molecule has 0 aliphatic heterocycles. The first-order valence-corrected chi connectivity index (χ1v) is 16.4. The van der Waals surface area contributed by atoms with Crippen molar-refractivity contribution in [3.8, 4) is 5.75 Å². The van der Waals surface area contributed by atoms with Crippen LogP contribution in [-0.2, 0) is 26.0 Å². The van der Waals surface area contributed by atoms with E-state index in [2.05, 4.69) is 21.2 Å². The highest BCUT2D eigenvalue weighted by atomic mass is 79.9. The Morgan fingerprint density at radius 3 is 2.14 bits per heavy atom. The van der Waals surface area contributed by atoms with Crippen molar-refractivity contribution in [3.05, 3.63) is 88.9 Å². The smallest absolute Gasteiger partial charge is 0.264 e. The first-order valence-electron chi connectivity index (χ1n) is 14.2. The highest BCUT2D eigenvalue weighted by Crippen LogP contribution is 2.27. The van der Waals surface area contributed by atoms with Gasteiger partial charge in [0.2, 0.25) is 11.8 Å². The fourth-order valence-corrected chi connectivity index (χ4v) is 6.13. The fourth-order valence-electron chi connectivity index (χ4n) is 4.46. The minimum atomic E-state index is -4.14. The summed E-state index contributed by atoms with van der Waals surface area (Å²) in [7, 11) is -4.14. The summed E-state index contributed by atoms with van der Waals surface area (Å²) in [6, 6.07) is 21.8. The Balaban J connectivity index is 2.00. The van der Waals surface area contributed by atoms with E-state index >= 15 is 0 Å². The number of nitrogens with one attached hydrogen (secondary N) is 1. The number of benzene rings is 3. The molecule has 10 heteroatoms. The number of amides is 2. The zero-order valence-corrected chi connectivity index (χ0v) is 27.0. The van der Waals surface area contributed by atoms with Gasteiger partial charge in [-0.3, -0.25) is 13.9 Å². The molecule has 0 bridgehead atoms. The fraction of sp³-hybridized carbons (Fsp3) is 0.375. The molecule has 3 aromatic rings. The number of hydrogen-bond acceptors (Lipinski definition) is 5. The molecule has 1 N–H and O–H groups in total. The Bertz CT molecular complexity index is 1400. The first kappa shape index (κ1) is 33.1. The highest BCUT2D eigenvalue weighted by molar-refractivity contribution is 9.10. The third-order valence-electron chi connectivity index (χ3n) is 6.67. The SMILES string of the molecule is CCOc1ccc(N(CC(=O)N(CCc2ccccc2)C(CC)C(=O)NCC(C)C)S(=O)(=O)c2ccc(Br)cc2)cc1. The summed E-state index contributed by atoms with van der Waals surface area (Å²) in [4.78, 5) is 28.9. The van der Waals surface area contributed by atoms with E-state index in [1.807, 2.05) is 58.0 Å². The number of ether oxygens (including phenoxy) is 1. The predicted molar refractivity (Wildman–Crippen MR) is 170 cm³/mol. The van der Waals surface area contributed by atoms with Crippen LogP contribution >= 0.6 is 15.9 Å². The van der Waals surface area contributed by atoms with Gasteiger partial charge >= 0.3 is 0 Å². The lowest BCUT2D eigenvalue weighted by atomic mass is 10.1. The largest absolute Gasteiger partial charge is 0.494 e. The van der Waals surface area contributed by atoms with E-state index in [1.165, 1.54) is 17.0 Å². The normalized spacial score (nSPS) is 12.0. The van der Waals surface area contributed by atoms with Crippen LogP contribution < -0.4 is 14.4 Å². The van der Waals surface area contributed by atoms with Crippen LogP contribution in [0.25, 0.3) is 0 Å². The molecule has 0 fully saturated rings. The molecule has 0 spiro atoms. The predicted octanol–water partition coefficient (Wildman–Crippen LogP) is 5.67. The molecular weight excluding hydrogens is 618 g/mol. The van der Waals surface area contributed by atoms with Crippen LogP contribution in [0.15, 0.2) is 88.2 Å². The molecule has 3 aromatic carbocycles. The van der Waals surface area contributed by atoms with Crippen molar-refractivity contribution in [2.24, 2.45) is 5.92 Å². The van der Waals surface area contributed by atoms with Crippen LogP contribution in [0.3, 0.4) is 0 Å². The van der Waals surface area contributed by atoms with E-state index in [1.54, 1.807) is 36.4 Å². The molecule has 8 nitrogen and oxygen atoms in total. The van der Waals surface area contributed by atoms with Crippen molar-refractivity contribution < 1.29 is 22.7 Å².